The summed E-state index contributed by atoms with van der Waals surface area (Å²) < 4.78 is 26.6. The van der Waals surface area contributed by atoms with Crippen molar-refractivity contribution < 1.29 is 18.4 Å². The summed E-state index contributed by atoms with van der Waals surface area (Å²) in [6.45, 7) is 3.78. The molecule has 7 nitrogen and oxygen atoms in total. The van der Waals surface area contributed by atoms with Gasteiger partial charge in [0.15, 0.2) is 0 Å². The number of hydrogen-bond donors (Lipinski definition) is 3. The number of anilines is 2. The number of amides is 2. The van der Waals surface area contributed by atoms with Gasteiger partial charge in [-0.1, -0.05) is 42.1 Å². The zero-order valence-corrected chi connectivity index (χ0v) is 18.3. The third-order valence-corrected chi connectivity index (χ3v) is 5.32. The maximum Gasteiger partial charge on any atom is 0.288 e. The molecule has 3 aromatic rings. The fourth-order valence-electron chi connectivity index (χ4n) is 3.21. The maximum atomic E-state index is 12.5. The quantitative estimate of drug-likeness (QED) is 0.434. The van der Waals surface area contributed by atoms with Crippen molar-refractivity contribution >= 4 is 35.1 Å². The van der Waals surface area contributed by atoms with E-state index in [2.05, 4.69) is 10.4 Å². The number of halogens is 2. The molecule has 0 fully saturated rings. The van der Waals surface area contributed by atoms with Gasteiger partial charge in [0, 0.05) is 22.2 Å². The van der Waals surface area contributed by atoms with Crippen molar-refractivity contribution in [1.82, 2.24) is 9.78 Å². The molecule has 0 saturated carbocycles. The van der Waals surface area contributed by atoms with Crippen molar-refractivity contribution in [1.29, 1.82) is 0 Å². The average molecular weight is 460 g/mol. The Balaban J connectivity index is 1.74. The molecule has 0 aliphatic rings. The molecule has 0 saturated heterocycles. The summed E-state index contributed by atoms with van der Waals surface area (Å²) in [5.74, 6) is -3.28. The Labute approximate surface area is 188 Å². The van der Waals surface area contributed by atoms with Crippen molar-refractivity contribution in [3.05, 3.63) is 59.7 Å². The molecule has 0 aliphatic carbocycles. The van der Waals surface area contributed by atoms with Gasteiger partial charge in [0.2, 0.25) is 5.91 Å². The molecule has 0 spiro atoms. The maximum absolute atomic E-state index is 12.5. The molecular formula is C22H23F2N5O2S. The Morgan fingerprint density at radius 3 is 2.44 bits per heavy atom. The van der Waals surface area contributed by atoms with Crippen LogP contribution in [-0.2, 0) is 11.2 Å². The van der Waals surface area contributed by atoms with E-state index in [9.17, 15) is 18.4 Å². The highest BCUT2D eigenvalue weighted by Crippen LogP contribution is 2.30. The number of alkyl halides is 2. The van der Waals surface area contributed by atoms with E-state index in [0.717, 1.165) is 5.56 Å². The molecule has 0 atom stereocenters. The van der Waals surface area contributed by atoms with Gasteiger partial charge in [-0.05, 0) is 37.6 Å². The van der Waals surface area contributed by atoms with Crippen LogP contribution in [0.2, 0.25) is 0 Å². The van der Waals surface area contributed by atoms with Crippen LogP contribution in [0.4, 0.5) is 20.3 Å². The Bertz CT molecular complexity index is 1130. The highest BCUT2D eigenvalue weighted by molar-refractivity contribution is 7.99. The van der Waals surface area contributed by atoms with E-state index >= 15 is 0 Å². The van der Waals surface area contributed by atoms with Crippen LogP contribution in [0.5, 0.6) is 0 Å². The number of nitrogen functional groups attached to an aromatic ring is 1. The van der Waals surface area contributed by atoms with Crippen LogP contribution in [0.3, 0.4) is 0 Å². The summed E-state index contributed by atoms with van der Waals surface area (Å²) in [6, 6.07) is 13.2. The van der Waals surface area contributed by atoms with E-state index in [1.807, 2.05) is 13.8 Å². The molecular weight excluding hydrogens is 436 g/mol. The minimum absolute atomic E-state index is 0.0533. The molecule has 32 heavy (non-hydrogen) atoms. The second-order valence-electron chi connectivity index (χ2n) is 7.34. The summed E-state index contributed by atoms with van der Waals surface area (Å²) in [4.78, 5) is 24.7. The normalized spacial score (nSPS) is 11.2. The Morgan fingerprint density at radius 2 is 1.84 bits per heavy atom. The molecule has 3 rings (SSSR count). The predicted octanol–water partition coefficient (Wildman–Crippen LogP) is 4.31. The van der Waals surface area contributed by atoms with E-state index in [0.29, 0.717) is 33.6 Å². The molecule has 168 valence electrons. The van der Waals surface area contributed by atoms with Crippen LogP contribution >= 0.6 is 11.8 Å². The molecule has 0 radical (unpaired) electrons. The minimum Gasteiger partial charge on any atom is -0.383 e. The first-order valence-electron chi connectivity index (χ1n) is 9.77. The number of thioether (sulfide) groups is 1. The lowest BCUT2D eigenvalue weighted by Crippen LogP contribution is -2.15. The average Bonchev–Trinajstić information content (AvgIpc) is 3.06. The van der Waals surface area contributed by atoms with Crippen LogP contribution in [-0.4, -0.2) is 27.4 Å². The van der Waals surface area contributed by atoms with Gasteiger partial charge in [0.1, 0.15) is 17.1 Å². The zero-order valence-electron chi connectivity index (χ0n) is 17.5. The monoisotopic (exact) mass is 459 g/mol. The lowest BCUT2D eigenvalue weighted by Gasteiger charge is -2.08. The zero-order chi connectivity index (χ0) is 23.4. The van der Waals surface area contributed by atoms with E-state index in [1.54, 1.807) is 42.5 Å². The van der Waals surface area contributed by atoms with Crippen LogP contribution in [0.1, 0.15) is 35.8 Å². The summed E-state index contributed by atoms with van der Waals surface area (Å²) in [5, 5.41) is 7.14. The highest BCUT2D eigenvalue weighted by Gasteiger charge is 2.22. The second-order valence-corrected chi connectivity index (χ2v) is 8.40. The summed E-state index contributed by atoms with van der Waals surface area (Å²) >= 11 is 0.417. The third-order valence-electron chi connectivity index (χ3n) is 4.62. The van der Waals surface area contributed by atoms with Gasteiger partial charge < -0.3 is 16.8 Å². The van der Waals surface area contributed by atoms with Crippen LogP contribution in [0, 0.1) is 0 Å². The molecule has 1 aromatic heterocycles. The molecule has 10 heteroatoms. The summed E-state index contributed by atoms with van der Waals surface area (Å²) in [6.07, 6.45) is 0.0811. The first-order valence-corrected chi connectivity index (χ1v) is 10.7. The highest BCUT2D eigenvalue weighted by atomic mass is 32.2. The minimum atomic E-state index is -2.53. The molecule has 5 N–H and O–H groups in total. The Kier molecular flexibility index (Phi) is 7.14. The van der Waals surface area contributed by atoms with Gasteiger partial charge in [-0.3, -0.25) is 9.59 Å². The number of nitrogens with one attached hydrogen (secondary N) is 1. The molecule has 2 amide bonds. The van der Waals surface area contributed by atoms with E-state index < -0.39 is 11.7 Å². The van der Waals surface area contributed by atoms with E-state index in [1.165, 1.54) is 10.7 Å². The number of nitrogens with zero attached hydrogens (tertiary/aromatic N) is 2. The molecule has 0 aliphatic heterocycles. The van der Waals surface area contributed by atoms with Crippen LogP contribution < -0.4 is 16.8 Å². The van der Waals surface area contributed by atoms with Gasteiger partial charge in [-0.2, -0.15) is 13.9 Å². The molecule has 2 aromatic carbocycles. The van der Waals surface area contributed by atoms with Crippen molar-refractivity contribution in [3.63, 3.8) is 0 Å². The lowest BCUT2D eigenvalue weighted by molar-refractivity contribution is -0.115. The smallest absolute Gasteiger partial charge is 0.288 e. The topological polar surface area (TPSA) is 116 Å². The lowest BCUT2D eigenvalue weighted by atomic mass is 10.0. The van der Waals surface area contributed by atoms with Gasteiger partial charge in [-0.15, -0.1) is 0 Å². The van der Waals surface area contributed by atoms with Crippen molar-refractivity contribution in [2.24, 2.45) is 5.73 Å². The number of carbonyl (C=O) groups is 2. The van der Waals surface area contributed by atoms with Crippen LogP contribution in [0.15, 0.2) is 53.4 Å². The first kappa shape index (κ1) is 23.3. The fourth-order valence-corrected chi connectivity index (χ4v) is 3.77. The summed E-state index contributed by atoms with van der Waals surface area (Å²) in [5.41, 5.74) is 13.9. The first-order chi connectivity index (χ1) is 15.2. The number of rotatable bonds is 8. The van der Waals surface area contributed by atoms with Crippen molar-refractivity contribution in [2.75, 3.05) is 11.1 Å². The van der Waals surface area contributed by atoms with Gasteiger partial charge in [0.05, 0.1) is 6.42 Å². The second kappa shape index (κ2) is 9.82. The molecule has 1 heterocycles. The molecule has 0 bridgehead atoms. The Hall–Kier alpha value is -3.40. The van der Waals surface area contributed by atoms with Crippen molar-refractivity contribution in [2.45, 2.75) is 37.0 Å². The largest absolute Gasteiger partial charge is 0.383 e. The predicted molar refractivity (Wildman–Crippen MR) is 122 cm³/mol. The van der Waals surface area contributed by atoms with Gasteiger partial charge >= 0.3 is 0 Å². The fraction of sp³-hybridized carbons (Fsp3) is 0.227. The van der Waals surface area contributed by atoms with Crippen molar-refractivity contribution in [3.8, 4) is 11.3 Å². The standard InChI is InChI=1S/C22H23F2N5O2S/c1-12(2)29-20(25)18(21(26)31)19(28-29)14-8-6-13(7-9-14)10-17(30)27-15-4-3-5-16(11-15)32-22(23)24/h3-9,11-12,22H,10,25H2,1-2H3,(H2,26,31)(H,27,30). The molecule has 0 unspecified atom stereocenters. The third kappa shape index (κ3) is 5.44. The summed E-state index contributed by atoms with van der Waals surface area (Å²) in [7, 11) is 0. The SMILES string of the molecule is CC(C)n1nc(-c2ccc(CC(=O)Nc3cccc(SC(F)F)c3)cc2)c(C(N)=O)c1N. The number of aromatic nitrogens is 2. The Morgan fingerprint density at radius 1 is 1.16 bits per heavy atom. The number of hydrogen-bond acceptors (Lipinski definition) is 5. The van der Waals surface area contributed by atoms with E-state index in [4.69, 9.17) is 11.5 Å². The number of nitrogens with two attached hydrogens (primary N) is 2. The number of primary amides is 1. The van der Waals surface area contributed by atoms with Crippen LogP contribution in [0.25, 0.3) is 11.3 Å². The number of benzene rings is 2. The van der Waals surface area contributed by atoms with E-state index in [-0.39, 0.29) is 29.8 Å². The number of carbonyl (C=O) groups excluding carboxylic acids is 2. The van der Waals surface area contributed by atoms with Gasteiger partial charge in [-0.25, -0.2) is 4.68 Å². The van der Waals surface area contributed by atoms with Gasteiger partial charge in [0.25, 0.3) is 11.7 Å².